The second-order valence-electron chi connectivity index (χ2n) is 5.58. The number of carboxylic acid groups (broad SMARTS) is 1. The van der Waals surface area contributed by atoms with Gasteiger partial charge in [-0.3, -0.25) is 0 Å². The fraction of sp³-hybridized carbons (Fsp3) is 0.833. The van der Waals surface area contributed by atoms with Crippen LogP contribution in [-0.4, -0.2) is 59.5 Å². The van der Waals surface area contributed by atoms with E-state index in [4.69, 9.17) is 14.6 Å². The van der Waals surface area contributed by atoms with Crippen molar-refractivity contribution >= 4 is 12.1 Å². The van der Waals surface area contributed by atoms with E-state index in [1.165, 1.54) is 0 Å². The van der Waals surface area contributed by atoms with E-state index in [-0.39, 0.29) is 6.09 Å². The molecule has 0 spiro atoms. The third-order valence-corrected chi connectivity index (χ3v) is 2.26. The van der Waals surface area contributed by atoms with Gasteiger partial charge in [-0.15, -0.1) is 0 Å². The first-order valence-electron chi connectivity index (χ1n) is 6.34. The molecule has 0 aromatic heterocycles. The monoisotopic (exact) mass is 314 g/mol. The number of ether oxygens (including phenoxy) is 1. The Labute approximate surface area is 121 Å². The summed E-state index contributed by atoms with van der Waals surface area (Å²) in [5, 5.41) is 10.4. The standard InChI is InChI=1S/C10H20N2O2.C2HF3O2/c1-8-7-12(6-5-11-8)9(13)14-10(2,3)4;3-2(4,5)1(6)7/h8,11H,5-7H2,1-4H3;(H,6,7)/t8-;/m0./s1. The number of hydrogen-bond donors (Lipinski definition) is 2. The van der Waals surface area contributed by atoms with Crippen molar-refractivity contribution in [1.29, 1.82) is 0 Å². The molecule has 9 heteroatoms. The van der Waals surface area contributed by atoms with Crippen molar-refractivity contribution in [2.24, 2.45) is 0 Å². The van der Waals surface area contributed by atoms with Crippen molar-refractivity contribution in [3.8, 4) is 0 Å². The summed E-state index contributed by atoms with van der Waals surface area (Å²) in [6, 6.07) is 0.358. The van der Waals surface area contributed by atoms with Crippen molar-refractivity contribution in [2.45, 2.75) is 45.5 Å². The van der Waals surface area contributed by atoms with Crippen LogP contribution in [0.3, 0.4) is 0 Å². The molecular weight excluding hydrogens is 293 g/mol. The summed E-state index contributed by atoms with van der Waals surface area (Å²) in [5.74, 6) is -2.76. The second-order valence-corrected chi connectivity index (χ2v) is 5.58. The Balaban J connectivity index is 0.000000486. The fourth-order valence-corrected chi connectivity index (χ4v) is 1.42. The van der Waals surface area contributed by atoms with Gasteiger partial charge in [-0.25, -0.2) is 9.59 Å². The Morgan fingerprint density at radius 2 is 1.76 bits per heavy atom. The molecule has 1 fully saturated rings. The first kappa shape index (κ1) is 19.5. The Bertz CT molecular complexity index is 366. The van der Waals surface area contributed by atoms with E-state index in [1.54, 1.807) is 4.90 Å². The van der Waals surface area contributed by atoms with Crippen LogP contribution in [0.4, 0.5) is 18.0 Å². The minimum Gasteiger partial charge on any atom is -0.475 e. The van der Waals surface area contributed by atoms with Gasteiger partial charge < -0.3 is 20.1 Å². The van der Waals surface area contributed by atoms with Crippen molar-refractivity contribution < 1.29 is 32.6 Å². The molecule has 0 radical (unpaired) electrons. The maximum Gasteiger partial charge on any atom is 0.490 e. The molecule has 21 heavy (non-hydrogen) atoms. The maximum atomic E-state index is 11.6. The lowest BCUT2D eigenvalue weighted by Crippen LogP contribution is -2.52. The lowest BCUT2D eigenvalue weighted by Gasteiger charge is -2.33. The summed E-state index contributed by atoms with van der Waals surface area (Å²) in [6.45, 7) is 10.0. The van der Waals surface area contributed by atoms with Crippen molar-refractivity contribution in [3.05, 3.63) is 0 Å². The van der Waals surface area contributed by atoms with Crippen LogP contribution in [0.25, 0.3) is 0 Å². The van der Waals surface area contributed by atoms with E-state index in [9.17, 15) is 18.0 Å². The van der Waals surface area contributed by atoms with Crippen LogP contribution >= 0.6 is 0 Å². The summed E-state index contributed by atoms with van der Waals surface area (Å²) in [4.78, 5) is 22.3. The number of halogens is 3. The molecule has 124 valence electrons. The Hall–Kier alpha value is -1.51. The summed E-state index contributed by atoms with van der Waals surface area (Å²) in [5.41, 5.74) is -0.398. The number of amides is 1. The molecule has 0 unspecified atom stereocenters. The van der Waals surface area contributed by atoms with Gasteiger partial charge in [-0.2, -0.15) is 13.2 Å². The number of carbonyl (C=O) groups excluding carboxylic acids is 1. The highest BCUT2D eigenvalue weighted by Crippen LogP contribution is 2.13. The molecule has 2 N–H and O–H groups in total. The molecule has 1 rings (SSSR count). The maximum absolute atomic E-state index is 11.6. The summed E-state index contributed by atoms with van der Waals surface area (Å²) in [7, 11) is 0. The highest BCUT2D eigenvalue weighted by Gasteiger charge is 2.38. The van der Waals surface area contributed by atoms with Gasteiger partial charge in [0, 0.05) is 25.7 Å². The molecule has 0 bridgehead atoms. The highest BCUT2D eigenvalue weighted by molar-refractivity contribution is 5.73. The second kappa shape index (κ2) is 7.48. The van der Waals surface area contributed by atoms with Crippen LogP contribution in [0.5, 0.6) is 0 Å². The van der Waals surface area contributed by atoms with Gasteiger partial charge >= 0.3 is 18.2 Å². The van der Waals surface area contributed by atoms with Crippen LogP contribution in [0, 0.1) is 0 Å². The molecule has 0 aromatic carbocycles. The van der Waals surface area contributed by atoms with E-state index in [0.717, 1.165) is 19.6 Å². The van der Waals surface area contributed by atoms with E-state index in [2.05, 4.69) is 12.2 Å². The fourth-order valence-electron chi connectivity index (χ4n) is 1.42. The summed E-state index contributed by atoms with van der Waals surface area (Å²) in [6.07, 6.45) is -5.29. The first-order chi connectivity index (χ1) is 9.33. The number of aliphatic carboxylic acids is 1. The van der Waals surface area contributed by atoms with Crippen LogP contribution < -0.4 is 5.32 Å². The van der Waals surface area contributed by atoms with Gasteiger partial charge in [0.25, 0.3) is 0 Å². The van der Waals surface area contributed by atoms with Gasteiger partial charge in [0.1, 0.15) is 5.60 Å². The molecule has 1 atom stereocenters. The van der Waals surface area contributed by atoms with Crippen LogP contribution in [-0.2, 0) is 9.53 Å². The SMILES string of the molecule is C[C@H]1CN(C(=O)OC(C)(C)C)CCN1.O=C(O)C(F)(F)F. The molecule has 1 aliphatic heterocycles. The molecular formula is C12H21F3N2O4. The first-order valence-corrected chi connectivity index (χ1v) is 6.34. The van der Waals surface area contributed by atoms with E-state index >= 15 is 0 Å². The van der Waals surface area contributed by atoms with Crippen LogP contribution in [0.1, 0.15) is 27.7 Å². The minimum atomic E-state index is -5.08. The Morgan fingerprint density at radius 1 is 1.29 bits per heavy atom. The molecule has 0 aliphatic carbocycles. The predicted molar refractivity (Wildman–Crippen MR) is 69.0 cm³/mol. The van der Waals surface area contributed by atoms with E-state index in [0.29, 0.717) is 6.04 Å². The Kier molecular flexibility index (Phi) is 6.95. The highest BCUT2D eigenvalue weighted by atomic mass is 19.4. The van der Waals surface area contributed by atoms with E-state index in [1.807, 2.05) is 20.8 Å². The number of hydrogen-bond acceptors (Lipinski definition) is 4. The Morgan fingerprint density at radius 3 is 2.10 bits per heavy atom. The zero-order valence-electron chi connectivity index (χ0n) is 12.5. The quantitative estimate of drug-likeness (QED) is 0.713. The lowest BCUT2D eigenvalue weighted by molar-refractivity contribution is -0.192. The molecule has 1 heterocycles. The number of nitrogens with zero attached hydrogens (tertiary/aromatic N) is 1. The molecule has 1 aliphatic rings. The van der Waals surface area contributed by atoms with Crippen LogP contribution in [0.2, 0.25) is 0 Å². The van der Waals surface area contributed by atoms with Crippen LogP contribution in [0.15, 0.2) is 0 Å². The average molecular weight is 314 g/mol. The molecule has 1 saturated heterocycles. The zero-order chi connectivity index (χ0) is 16.8. The number of piperazine rings is 1. The van der Waals surface area contributed by atoms with Gasteiger partial charge in [-0.1, -0.05) is 0 Å². The smallest absolute Gasteiger partial charge is 0.475 e. The summed E-state index contributed by atoms with van der Waals surface area (Å²) >= 11 is 0. The number of carbonyl (C=O) groups is 2. The lowest BCUT2D eigenvalue weighted by atomic mass is 10.2. The largest absolute Gasteiger partial charge is 0.490 e. The molecule has 6 nitrogen and oxygen atoms in total. The van der Waals surface area contributed by atoms with Crippen molar-refractivity contribution in [3.63, 3.8) is 0 Å². The third-order valence-electron chi connectivity index (χ3n) is 2.26. The molecule has 0 saturated carbocycles. The van der Waals surface area contributed by atoms with Gasteiger partial charge in [0.2, 0.25) is 0 Å². The van der Waals surface area contributed by atoms with Crippen molar-refractivity contribution in [2.75, 3.05) is 19.6 Å². The normalized spacial score (nSPS) is 19.4. The van der Waals surface area contributed by atoms with Gasteiger partial charge in [0.05, 0.1) is 0 Å². The van der Waals surface area contributed by atoms with Crippen molar-refractivity contribution in [1.82, 2.24) is 10.2 Å². The molecule has 1 amide bonds. The number of nitrogens with one attached hydrogen (secondary N) is 1. The number of rotatable bonds is 0. The zero-order valence-corrected chi connectivity index (χ0v) is 12.5. The minimum absolute atomic E-state index is 0.203. The van der Waals surface area contributed by atoms with E-state index < -0.39 is 17.7 Å². The predicted octanol–water partition coefficient (Wildman–Crippen LogP) is 1.85. The topological polar surface area (TPSA) is 78.9 Å². The van der Waals surface area contributed by atoms with Gasteiger partial charge in [0.15, 0.2) is 0 Å². The third kappa shape index (κ3) is 9.11. The number of alkyl halides is 3. The van der Waals surface area contributed by atoms with Gasteiger partial charge in [-0.05, 0) is 27.7 Å². The summed E-state index contributed by atoms with van der Waals surface area (Å²) < 4.78 is 37.0. The number of carboxylic acids is 1. The average Bonchev–Trinajstić information content (AvgIpc) is 2.26. The molecule has 0 aromatic rings.